The molecule has 0 N–H and O–H groups in total. The second-order valence-corrected chi connectivity index (χ2v) is 6.18. The van der Waals surface area contributed by atoms with Gasteiger partial charge < -0.3 is 9.47 Å². The molecule has 0 aliphatic carbocycles. The van der Waals surface area contributed by atoms with E-state index in [1.807, 2.05) is 6.07 Å². The molecule has 0 radical (unpaired) electrons. The van der Waals surface area contributed by atoms with E-state index in [1.165, 1.54) is 0 Å². The minimum atomic E-state index is -2.04. The predicted octanol–water partition coefficient (Wildman–Crippen LogP) is 2.21. The summed E-state index contributed by atoms with van der Waals surface area (Å²) in [6.07, 6.45) is 0.986. The number of benzene rings is 1. The van der Waals surface area contributed by atoms with E-state index in [4.69, 9.17) is 9.47 Å². The SMILES string of the molecule is COc1cccc(OC)c1N=S1(=O)CCC1. The van der Waals surface area contributed by atoms with Crippen LogP contribution >= 0.6 is 0 Å². The van der Waals surface area contributed by atoms with Gasteiger partial charge in [0, 0.05) is 11.5 Å². The second kappa shape index (κ2) is 4.33. The number of ether oxygens (including phenoxy) is 2. The van der Waals surface area contributed by atoms with Crippen molar-refractivity contribution < 1.29 is 13.7 Å². The Balaban J connectivity index is 2.53. The number of nitrogens with zero attached hydrogens (tertiary/aromatic N) is 1. The molecule has 88 valence electrons. The molecule has 1 aromatic carbocycles. The van der Waals surface area contributed by atoms with E-state index < -0.39 is 9.73 Å². The van der Waals surface area contributed by atoms with Gasteiger partial charge in [0.15, 0.2) is 5.69 Å². The first kappa shape index (κ1) is 11.3. The molecule has 1 aliphatic heterocycles. The molecule has 5 heteroatoms. The van der Waals surface area contributed by atoms with Crippen LogP contribution in [0.1, 0.15) is 6.42 Å². The molecule has 1 heterocycles. The summed E-state index contributed by atoms with van der Waals surface area (Å²) in [5.41, 5.74) is 0.567. The first-order valence-corrected chi connectivity index (χ1v) is 6.97. The van der Waals surface area contributed by atoms with Crippen molar-refractivity contribution in [3.63, 3.8) is 0 Å². The standard InChI is InChI=1S/C11H15NO3S/c1-14-9-5-3-6-10(15-2)11(9)12-16(13)7-4-8-16/h3,5-6H,4,7-8H2,1-2H3. The lowest BCUT2D eigenvalue weighted by Crippen LogP contribution is -2.23. The lowest BCUT2D eigenvalue weighted by atomic mass is 10.3. The summed E-state index contributed by atoms with van der Waals surface area (Å²) >= 11 is 0. The van der Waals surface area contributed by atoms with Gasteiger partial charge in [0.25, 0.3) is 0 Å². The predicted molar refractivity (Wildman–Crippen MR) is 64.1 cm³/mol. The van der Waals surface area contributed by atoms with Crippen LogP contribution in [0.2, 0.25) is 0 Å². The van der Waals surface area contributed by atoms with Crippen LogP contribution < -0.4 is 9.47 Å². The van der Waals surface area contributed by atoms with E-state index in [-0.39, 0.29) is 0 Å². The first-order chi connectivity index (χ1) is 7.68. The molecule has 0 amide bonds. The van der Waals surface area contributed by atoms with Crippen molar-refractivity contribution in [1.82, 2.24) is 0 Å². The van der Waals surface area contributed by atoms with E-state index in [1.54, 1.807) is 26.4 Å². The average Bonchev–Trinajstić information content (AvgIpc) is 2.27. The summed E-state index contributed by atoms with van der Waals surface area (Å²) in [7, 11) is 1.10. The summed E-state index contributed by atoms with van der Waals surface area (Å²) in [6, 6.07) is 5.41. The van der Waals surface area contributed by atoms with E-state index in [0.29, 0.717) is 28.7 Å². The lowest BCUT2D eigenvalue weighted by molar-refractivity contribution is 0.397. The number of hydrogen-bond donors (Lipinski definition) is 0. The molecular weight excluding hydrogens is 226 g/mol. The minimum Gasteiger partial charge on any atom is -0.494 e. The third-order valence-corrected chi connectivity index (χ3v) is 4.95. The van der Waals surface area contributed by atoms with Crippen molar-refractivity contribution in [1.29, 1.82) is 0 Å². The summed E-state index contributed by atoms with van der Waals surface area (Å²) in [5.74, 6) is 2.56. The fourth-order valence-corrected chi connectivity index (χ4v) is 3.05. The summed E-state index contributed by atoms with van der Waals surface area (Å²) in [5, 5.41) is 0. The highest BCUT2D eigenvalue weighted by molar-refractivity contribution is 7.95. The van der Waals surface area contributed by atoms with Gasteiger partial charge in [-0.3, -0.25) is 0 Å². The van der Waals surface area contributed by atoms with Gasteiger partial charge in [-0.1, -0.05) is 6.07 Å². The zero-order chi connectivity index (χ0) is 11.6. The molecule has 2 rings (SSSR count). The molecule has 1 aromatic rings. The molecular formula is C11H15NO3S. The molecule has 0 spiro atoms. The van der Waals surface area contributed by atoms with E-state index in [0.717, 1.165) is 6.42 Å². The molecule has 0 unspecified atom stereocenters. The Bertz CT molecular complexity index is 472. The van der Waals surface area contributed by atoms with Crippen molar-refractivity contribution in [2.45, 2.75) is 6.42 Å². The van der Waals surface area contributed by atoms with Gasteiger partial charge in [0.1, 0.15) is 11.5 Å². The summed E-state index contributed by atoms with van der Waals surface area (Å²) in [4.78, 5) is 0. The van der Waals surface area contributed by atoms with E-state index in [2.05, 4.69) is 4.36 Å². The Morgan fingerprint density at radius 1 is 1.19 bits per heavy atom. The monoisotopic (exact) mass is 241 g/mol. The number of rotatable bonds is 3. The molecule has 16 heavy (non-hydrogen) atoms. The topological polar surface area (TPSA) is 47.9 Å². The van der Waals surface area contributed by atoms with Crippen LogP contribution in [-0.2, 0) is 9.73 Å². The third-order valence-electron chi connectivity index (χ3n) is 2.59. The Hall–Kier alpha value is -1.23. The van der Waals surface area contributed by atoms with Crippen LogP contribution in [0.4, 0.5) is 5.69 Å². The average molecular weight is 241 g/mol. The smallest absolute Gasteiger partial charge is 0.157 e. The van der Waals surface area contributed by atoms with Gasteiger partial charge in [-0.15, -0.1) is 0 Å². The first-order valence-electron chi connectivity index (χ1n) is 5.12. The van der Waals surface area contributed by atoms with Gasteiger partial charge in [-0.25, -0.2) is 4.21 Å². The van der Waals surface area contributed by atoms with Gasteiger partial charge in [0.2, 0.25) is 0 Å². The zero-order valence-corrected chi connectivity index (χ0v) is 10.3. The Labute approximate surface area is 95.8 Å². The normalized spacial score (nSPS) is 17.4. The maximum atomic E-state index is 12.1. The molecule has 0 aromatic heterocycles. The van der Waals surface area contributed by atoms with Gasteiger partial charge in [-0.05, 0) is 18.6 Å². The van der Waals surface area contributed by atoms with Gasteiger partial charge >= 0.3 is 0 Å². The maximum absolute atomic E-state index is 12.1. The second-order valence-electron chi connectivity index (χ2n) is 3.64. The highest BCUT2D eigenvalue weighted by Crippen LogP contribution is 2.38. The summed E-state index contributed by atoms with van der Waals surface area (Å²) in [6.45, 7) is 0. The van der Waals surface area contributed by atoms with Crippen LogP contribution in [0.15, 0.2) is 22.6 Å². The highest BCUT2D eigenvalue weighted by Gasteiger charge is 2.21. The van der Waals surface area contributed by atoms with Crippen LogP contribution in [0.3, 0.4) is 0 Å². The summed E-state index contributed by atoms with van der Waals surface area (Å²) < 4.78 is 26.8. The largest absolute Gasteiger partial charge is 0.494 e. The third kappa shape index (κ3) is 2.00. The van der Waals surface area contributed by atoms with Crippen LogP contribution in [0, 0.1) is 0 Å². The van der Waals surface area contributed by atoms with Gasteiger partial charge in [0.05, 0.1) is 23.9 Å². The van der Waals surface area contributed by atoms with Crippen molar-refractivity contribution in [3.8, 4) is 11.5 Å². The minimum absolute atomic E-state index is 0.567. The van der Waals surface area contributed by atoms with E-state index >= 15 is 0 Å². The molecule has 0 bridgehead atoms. The zero-order valence-electron chi connectivity index (χ0n) is 9.43. The van der Waals surface area contributed by atoms with Crippen LogP contribution in [0.25, 0.3) is 0 Å². The Kier molecular flexibility index (Phi) is 3.05. The maximum Gasteiger partial charge on any atom is 0.157 e. The molecule has 1 fully saturated rings. The number of hydrogen-bond acceptors (Lipinski definition) is 4. The Morgan fingerprint density at radius 3 is 2.12 bits per heavy atom. The van der Waals surface area contributed by atoms with Crippen molar-refractivity contribution in [3.05, 3.63) is 18.2 Å². The molecule has 4 nitrogen and oxygen atoms in total. The molecule has 0 atom stereocenters. The molecule has 1 aliphatic rings. The highest BCUT2D eigenvalue weighted by atomic mass is 32.2. The van der Waals surface area contributed by atoms with Crippen LogP contribution in [-0.4, -0.2) is 29.9 Å². The van der Waals surface area contributed by atoms with Crippen molar-refractivity contribution in [2.75, 3.05) is 25.7 Å². The lowest BCUT2D eigenvalue weighted by Gasteiger charge is -2.19. The van der Waals surface area contributed by atoms with Gasteiger partial charge in [-0.2, -0.15) is 4.36 Å². The quantitative estimate of drug-likeness (QED) is 0.815. The number of methoxy groups -OCH3 is 2. The molecule has 0 saturated carbocycles. The Morgan fingerprint density at radius 2 is 1.75 bits per heavy atom. The van der Waals surface area contributed by atoms with Crippen LogP contribution in [0.5, 0.6) is 11.5 Å². The fraction of sp³-hybridized carbons (Fsp3) is 0.455. The fourth-order valence-electron chi connectivity index (χ4n) is 1.57. The van der Waals surface area contributed by atoms with Crippen molar-refractivity contribution in [2.24, 2.45) is 4.36 Å². The van der Waals surface area contributed by atoms with Crippen molar-refractivity contribution >= 4 is 15.4 Å². The van der Waals surface area contributed by atoms with E-state index in [9.17, 15) is 4.21 Å². The molecule has 1 saturated heterocycles.